The lowest BCUT2D eigenvalue weighted by Crippen LogP contribution is -2.14. The quantitative estimate of drug-likeness (QED) is 0.517. The Labute approximate surface area is 62.5 Å². The Bertz CT molecular complexity index is 71.1. The van der Waals surface area contributed by atoms with Gasteiger partial charge in [0.2, 0.25) is 0 Å². The molecule has 0 nitrogen and oxygen atoms in total. The molecule has 1 atom stereocenters. The molecule has 0 bridgehead atoms. The summed E-state index contributed by atoms with van der Waals surface area (Å²) < 4.78 is 0. The van der Waals surface area contributed by atoms with Crippen molar-refractivity contribution < 1.29 is 0 Å². The lowest BCUT2D eigenvalue weighted by Gasteiger charge is -2.26. The van der Waals surface area contributed by atoms with Crippen LogP contribution in [0.3, 0.4) is 0 Å². The molecular formula is C8H19Si. The molecule has 0 rings (SSSR count). The zero-order valence-corrected chi connectivity index (χ0v) is 9.20. The summed E-state index contributed by atoms with van der Waals surface area (Å²) in [6.45, 7) is 10.8. The van der Waals surface area contributed by atoms with E-state index in [1.807, 2.05) is 0 Å². The van der Waals surface area contributed by atoms with Crippen LogP contribution in [-0.4, -0.2) is 10.2 Å². The number of hydrogen-bond acceptors (Lipinski definition) is 0. The van der Waals surface area contributed by atoms with Gasteiger partial charge in [-0.3, -0.25) is 0 Å². The lowest BCUT2D eigenvalue weighted by atomic mass is 9.89. The molecule has 0 fully saturated rings. The monoisotopic (exact) mass is 143 g/mol. The van der Waals surface area contributed by atoms with Crippen LogP contribution >= 0.6 is 0 Å². The van der Waals surface area contributed by atoms with E-state index in [0.29, 0.717) is 5.41 Å². The molecule has 0 N–H and O–H groups in total. The third kappa shape index (κ3) is 3.74. The molecule has 55 valence electrons. The summed E-state index contributed by atoms with van der Waals surface area (Å²) in [6.07, 6.45) is 2.42. The van der Waals surface area contributed by atoms with Gasteiger partial charge >= 0.3 is 0 Å². The highest BCUT2D eigenvalue weighted by Crippen LogP contribution is 2.31. The summed E-state index contributed by atoms with van der Waals surface area (Å²) >= 11 is 0. The van der Waals surface area contributed by atoms with Crippen LogP contribution in [0.15, 0.2) is 0 Å². The van der Waals surface area contributed by atoms with Crippen LogP contribution in [0.5, 0.6) is 0 Å². The van der Waals surface area contributed by atoms with Crippen molar-refractivity contribution in [3.05, 3.63) is 6.92 Å². The average Bonchev–Trinajstić information content (AvgIpc) is 1.64. The van der Waals surface area contributed by atoms with Gasteiger partial charge in [0, 0.05) is 10.2 Å². The molecule has 0 aromatic rings. The second-order valence-electron chi connectivity index (χ2n) is 3.91. The molecule has 1 heteroatoms. The summed E-state index contributed by atoms with van der Waals surface area (Å²) in [7, 11) is 1.32. The molecule has 0 aliphatic heterocycles. The normalized spacial score (nSPS) is 16.0. The molecule has 0 aromatic heterocycles. The minimum absolute atomic E-state index is 0.532. The van der Waals surface area contributed by atoms with Crippen LogP contribution < -0.4 is 0 Å². The van der Waals surface area contributed by atoms with Crippen molar-refractivity contribution in [1.29, 1.82) is 0 Å². The molecule has 0 aliphatic rings. The molecule has 1 radical (unpaired) electrons. The molecule has 0 saturated carbocycles. The van der Waals surface area contributed by atoms with E-state index in [-0.39, 0.29) is 0 Å². The van der Waals surface area contributed by atoms with Gasteiger partial charge in [0.25, 0.3) is 0 Å². The van der Waals surface area contributed by atoms with Gasteiger partial charge in [-0.25, -0.2) is 0 Å². The van der Waals surface area contributed by atoms with Gasteiger partial charge in [0.15, 0.2) is 0 Å². The molecule has 0 saturated heterocycles. The molecule has 0 aliphatic carbocycles. The number of hydrogen-bond donors (Lipinski definition) is 0. The second-order valence-corrected chi connectivity index (χ2v) is 5.30. The highest BCUT2D eigenvalue weighted by Gasteiger charge is 2.17. The summed E-state index contributed by atoms with van der Waals surface area (Å²) in [5, 5.41) is 0. The smallest absolute Gasteiger partial charge is 0.00739 e. The van der Waals surface area contributed by atoms with Crippen LogP contribution in [0.25, 0.3) is 0 Å². The van der Waals surface area contributed by atoms with Crippen LogP contribution in [-0.2, 0) is 0 Å². The Morgan fingerprint density at radius 1 is 1.44 bits per heavy atom. The predicted octanol–water partition coefficient (Wildman–Crippen LogP) is 1.80. The van der Waals surface area contributed by atoms with E-state index in [9.17, 15) is 0 Å². The minimum atomic E-state index is 0.532. The second kappa shape index (κ2) is 3.40. The highest BCUT2D eigenvalue weighted by molar-refractivity contribution is 6.12. The summed E-state index contributed by atoms with van der Waals surface area (Å²) in [6, 6.07) is 0. The molecule has 0 spiro atoms. The van der Waals surface area contributed by atoms with Crippen molar-refractivity contribution in [2.75, 3.05) is 0 Å². The van der Waals surface area contributed by atoms with E-state index < -0.39 is 0 Å². The van der Waals surface area contributed by atoms with Gasteiger partial charge in [-0.2, -0.15) is 0 Å². The van der Waals surface area contributed by atoms with Crippen molar-refractivity contribution in [2.45, 2.75) is 39.2 Å². The summed E-state index contributed by atoms with van der Waals surface area (Å²) in [5.41, 5.74) is 1.47. The topological polar surface area (TPSA) is 0 Å². The summed E-state index contributed by atoms with van der Waals surface area (Å²) in [4.78, 5) is 0. The average molecular weight is 143 g/mol. The first-order valence-electron chi connectivity index (χ1n) is 3.77. The lowest BCUT2D eigenvalue weighted by molar-refractivity contribution is 0.367. The minimum Gasteiger partial charge on any atom is -0.0602 e. The van der Waals surface area contributed by atoms with Crippen molar-refractivity contribution in [2.24, 2.45) is 5.41 Å². The fourth-order valence-corrected chi connectivity index (χ4v) is 1.15. The van der Waals surface area contributed by atoms with Gasteiger partial charge in [0.1, 0.15) is 0 Å². The van der Waals surface area contributed by atoms with Crippen LogP contribution in [0.4, 0.5) is 0 Å². The van der Waals surface area contributed by atoms with Crippen molar-refractivity contribution in [3.63, 3.8) is 0 Å². The molecule has 1 unspecified atom stereocenters. The highest BCUT2D eigenvalue weighted by atomic mass is 28.1. The van der Waals surface area contributed by atoms with Crippen molar-refractivity contribution in [3.8, 4) is 0 Å². The molecule has 0 aromatic carbocycles. The van der Waals surface area contributed by atoms with E-state index >= 15 is 0 Å². The Kier molecular flexibility index (Phi) is 3.48. The fraction of sp³-hybridized carbons (Fsp3) is 0.875. The zero-order valence-electron chi connectivity index (χ0n) is 7.20. The zero-order chi connectivity index (χ0) is 7.49. The van der Waals surface area contributed by atoms with Gasteiger partial charge in [-0.15, -0.1) is 0 Å². The Hall–Kier alpha value is 0.217. The summed E-state index contributed by atoms with van der Waals surface area (Å²) in [5.74, 6) is 0. The van der Waals surface area contributed by atoms with E-state index in [4.69, 9.17) is 0 Å². The number of rotatable bonds is 2. The van der Waals surface area contributed by atoms with Crippen molar-refractivity contribution in [1.82, 2.24) is 0 Å². The maximum atomic E-state index is 3.86. The Balaban J connectivity index is 3.59. The van der Waals surface area contributed by atoms with Crippen molar-refractivity contribution >= 4 is 10.2 Å². The van der Waals surface area contributed by atoms with Gasteiger partial charge < -0.3 is 0 Å². The van der Waals surface area contributed by atoms with Gasteiger partial charge in [-0.05, 0) is 11.0 Å². The van der Waals surface area contributed by atoms with E-state index in [1.54, 1.807) is 0 Å². The largest absolute Gasteiger partial charge is 0.0602 e. The maximum Gasteiger partial charge on any atom is 0.00739 e. The SMILES string of the molecule is [CH2]CCC([SiH3])C(C)(C)C. The molecular weight excluding hydrogens is 124 g/mol. The predicted molar refractivity (Wildman–Crippen MR) is 47.7 cm³/mol. The van der Waals surface area contributed by atoms with Crippen LogP contribution in [0.2, 0.25) is 5.54 Å². The van der Waals surface area contributed by atoms with Gasteiger partial charge in [-0.1, -0.05) is 40.5 Å². The third-order valence-corrected chi connectivity index (χ3v) is 4.42. The maximum absolute atomic E-state index is 3.86. The Morgan fingerprint density at radius 2 is 1.89 bits per heavy atom. The van der Waals surface area contributed by atoms with E-state index in [0.717, 1.165) is 12.0 Å². The standard InChI is InChI=1S/C8H19Si/c1-5-6-7(9)8(2,3)4/h7H,1,5-6H2,2-4,9H3. The fourth-order valence-electron chi connectivity index (χ4n) is 0.739. The first-order valence-corrected chi connectivity index (χ1v) is 4.93. The first kappa shape index (κ1) is 9.22. The first-order chi connectivity index (χ1) is 3.98. The van der Waals surface area contributed by atoms with Crippen LogP contribution in [0, 0.1) is 12.3 Å². The molecule has 9 heavy (non-hydrogen) atoms. The third-order valence-electron chi connectivity index (χ3n) is 2.12. The van der Waals surface area contributed by atoms with Gasteiger partial charge in [0.05, 0.1) is 0 Å². The van der Waals surface area contributed by atoms with Crippen LogP contribution in [0.1, 0.15) is 33.6 Å². The Morgan fingerprint density at radius 3 is 2.00 bits per heavy atom. The molecule has 0 heterocycles. The van der Waals surface area contributed by atoms with E-state index in [1.165, 1.54) is 16.7 Å². The van der Waals surface area contributed by atoms with E-state index in [2.05, 4.69) is 27.7 Å². The molecule has 0 amide bonds.